The zero-order valence-electron chi connectivity index (χ0n) is 17.2. The smallest absolute Gasteiger partial charge is 0.315 e. The predicted octanol–water partition coefficient (Wildman–Crippen LogP) is 3.25. The van der Waals surface area contributed by atoms with Gasteiger partial charge in [0.25, 0.3) is 0 Å². The molecule has 3 amide bonds. The lowest BCUT2D eigenvalue weighted by atomic mass is 9.80. The van der Waals surface area contributed by atoms with Crippen molar-refractivity contribution in [1.29, 1.82) is 0 Å². The number of nitrogens with zero attached hydrogens (tertiary/aromatic N) is 2. The molecule has 2 heterocycles. The van der Waals surface area contributed by atoms with Crippen LogP contribution in [0.5, 0.6) is 5.75 Å². The number of carbonyl (C=O) groups excluding carboxylic acids is 2. The average molecular weight is 398 g/mol. The highest BCUT2D eigenvalue weighted by molar-refractivity contribution is 5.88. The molecule has 0 radical (unpaired) electrons. The molecule has 4 rings (SSSR count). The molecule has 6 heteroatoms. The van der Waals surface area contributed by atoms with E-state index < -0.39 is 12.1 Å². The molecule has 2 N–H and O–H groups in total. The molecule has 1 saturated heterocycles. The number of amides is 3. The number of likely N-dealkylation sites (tertiary alicyclic amines) is 1. The lowest BCUT2D eigenvalue weighted by Gasteiger charge is -2.43. The Labute approximate surface area is 172 Å². The van der Waals surface area contributed by atoms with Crippen LogP contribution in [-0.4, -0.2) is 54.0 Å². The summed E-state index contributed by atoms with van der Waals surface area (Å²) in [5.74, 6) is 0.905. The van der Waals surface area contributed by atoms with Crippen molar-refractivity contribution in [3.05, 3.63) is 41.0 Å². The first-order valence-electron chi connectivity index (χ1n) is 10.8. The minimum Gasteiger partial charge on any atom is -0.497 e. The third-order valence-electron chi connectivity index (χ3n) is 6.75. The highest BCUT2D eigenvalue weighted by Crippen LogP contribution is 2.37. The molecule has 3 aliphatic rings. The molecule has 0 spiro atoms. The number of hydrogen-bond donors (Lipinski definition) is 1. The van der Waals surface area contributed by atoms with E-state index in [0.29, 0.717) is 13.0 Å². The molecule has 1 fully saturated rings. The van der Waals surface area contributed by atoms with Crippen LogP contribution in [-0.2, 0) is 11.2 Å². The van der Waals surface area contributed by atoms with Crippen LogP contribution < -0.4 is 10.5 Å². The zero-order chi connectivity index (χ0) is 20.4. The molecule has 6 nitrogen and oxygen atoms in total. The van der Waals surface area contributed by atoms with Crippen LogP contribution in [0.4, 0.5) is 4.79 Å². The van der Waals surface area contributed by atoms with E-state index in [9.17, 15) is 9.59 Å². The van der Waals surface area contributed by atoms with E-state index in [2.05, 4.69) is 12.1 Å². The van der Waals surface area contributed by atoms with Gasteiger partial charge in [0.05, 0.1) is 13.2 Å². The predicted molar refractivity (Wildman–Crippen MR) is 112 cm³/mol. The lowest BCUT2D eigenvalue weighted by Crippen LogP contribution is -2.55. The van der Waals surface area contributed by atoms with Crippen LogP contribution in [0.3, 0.4) is 0 Å². The van der Waals surface area contributed by atoms with Gasteiger partial charge in [0.1, 0.15) is 11.8 Å². The maximum atomic E-state index is 13.5. The van der Waals surface area contributed by atoms with Gasteiger partial charge < -0.3 is 20.3 Å². The van der Waals surface area contributed by atoms with Gasteiger partial charge in [-0.1, -0.05) is 17.7 Å². The minimum absolute atomic E-state index is 0.0666. The maximum Gasteiger partial charge on any atom is 0.315 e. The molecule has 0 bridgehead atoms. The van der Waals surface area contributed by atoms with Gasteiger partial charge >= 0.3 is 6.03 Å². The van der Waals surface area contributed by atoms with Crippen LogP contribution in [0.15, 0.2) is 35.4 Å². The Morgan fingerprint density at radius 2 is 1.79 bits per heavy atom. The van der Waals surface area contributed by atoms with Crippen LogP contribution >= 0.6 is 0 Å². The Balaban J connectivity index is 1.61. The van der Waals surface area contributed by atoms with Gasteiger partial charge in [-0.3, -0.25) is 4.79 Å². The van der Waals surface area contributed by atoms with Gasteiger partial charge in [0.15, 0.2) is 0 Å². The topological polar surface area (TPSA) is 75.9 Å². The molecule has 1 aromatic rings. The quantitative estimate of drug-likeness (QED) is 0.793. The Hall–Kier alpha value is -2.50. The summed E-state index contributed by atoms with van der Waals surface area (Å²) in [6.45, 7) is 1.32. The van der Waals surface area contributed by atoms with Crippen LogP contribution in [0, 0.1) is 0 Å². The number of carbonyl (C=O) groups is 2. The number of ether oxygens (including phenoxy) is 1. The summed E-state index contributed by atoms with van der Waals surface area (Å²) >= 11 is 0. The number of urea groups is 1. The van der Waals surface area contributed by atoms with E-state index in [1.807, 2.05) is 17.0 Å². The second kappa shape index (κ2) is 8.47. The van der Waals surface area contributed by atoms with Crippen molar-refractivity contribution in [3.63, 3.8) is 0 Å². The Bertz CT molecular complexity index is 802. The van der Waals surface area contributed by atoms with Crippen LogP contribution in [0.25, 0.3) is 0 Å². The summed E-state index contributed by atoms with van der Waals surface area (Å²) < 4.78 is 5.28. The van der Waals surface area contributed by atoms with E-state index in [1.54, 1.807) is 17.6 Å². The van der Waals surface area contributed by atoms with E-state index in [1.165, 1.54) is 24.0 Å². The van der Waals surface area contributed by atoms with Gasteiger partial charge in [-0.25, -0.2) is 4.79 Å². The molecule has 29 heavy (non-hydrogen) atoms. The first kappa shape index (κ1) is 19.8. The molecule has 0 unspecified atom stereocenters. The second-order valence-corrected chi connectivity index (χ2v) is 8.38. The van der Waals surface area contributed by atoms with Crippen molar-refractivity contribution in [1.82, 2.24) is 9.80 Å². The molecule has 1 aliphatic carbocycles. The third-order valence-corrected chi connectivity index (χ3v) is 6.75. The molecule has 2 atom stereocenters. The number of rotatable bonds is 4. The van der Waals surface area contributed by atoms with Crippen LogP contribution in [0.1, 0.15) is 50.5 Å². The van der Waals surface area contributed by atoms with Crippen molar-refractivity contribution in [3.8, 4) is 5.75 Å². The molecule has 2 aliphatic heterocycles. The summed E-state index contributed by atoms with van der Waals surface area (Å²) in [4.78, 5) is 28.9. The molecule has 156 valence electrons. The Morgan fingerprint density at radius 3 is 2.52 bits per heavy atom. The second-order valence-electron chi connectivity index (χ2n) is 8.38. The number of nitrogens with two attached hydrogens (primary N) is 1. The number of methoxy groups -OCH3 is 1. The molecule has 1 aromatic carbocycles. The van der Waals surface area contributed by atoms with Crippen molar-refractivity contribution >= 4 is 11.9 Å². The molecule has 0 aromatic heterocycles. The Kier molecular flexibility index (Phi) is 5.79. The average Bonchev–Trinajstić information content (AvgIpc) is 3.24. The Morgan fingerprint density at radius 1 is 1.03 bits per heavy atom. The minimum atomic E-state index is -0.484. The zero-order valence-corrected chi connectivity index (χ0v) is 17.2. The third kappa shape index (κ3) is 3.98. The molecular formula is C23H31N3O3. The van der Waals surface area contributed by atoms with Crippen molar-refractivity contribution in [2.24, 2.45) is 5.73 Å². The van der Waals surface area contributed by atoms with Crippen molar-refractivity contribution < 1.29 is 14.3 Å². The van der Waals surface area contributed by atoms with E-state index in [-0.39, 0.29) is 11.9 Å². The fourth-order valence-electron chi connectivity index (χ4n) is 5.24. The summed E-state index contributed by atoms with van der Waals surface area (Å²) in [5, 5.41) is 0. The normalized spacial score (nSPS) is 24.4. The molecular weight excluding hydrogens is 366 g/mol. The van der Waals surface area contributed by atoms with Crippen molar-refractivity contribution in [2.75, 3.05) is 20.2 Å². The highest BCUT2D eigenvalue weighted by atomic mass is 16.5. The first-order valence-corrected chi connectivity index (χ1v) is 10.8. The van der Waals surface area contributed by atoms with E-state index in [4.69, 9.17) is 10.5 Å². The fraction of sp³-hybridized carbons (Fsp3) is 0.565. The van der Waals surface area contributed by atoms with E-state index >= 15 is 0 Å². The largest absolute Gasteiger partial charge is 0.497 e. The number of hydrogen-bond acceptors (Lipinski definition) is 3. The SMILES string of the molecule is COc1ccc(C[C@@H]2C3=C(CCCC3)CCN2C(=O)[C@@H]2CCCN2C(N)=O)cc1. The van der Waals surface area contributed by atoms with Gasteiger partial charge in [-0.05, 0) is 74.6 Å². The van der Waals surface area contributed by atoms with Gasteiger partial charge in [0, 0.05) is 13.1 Å². The lowest BCUT2D eigenvalue weighted by molar-refractivity contribution is -0.137. The van der Waals surface area contributed by atoms with Crippen molar-refractivity contribution in [2.45, 2.75) is 63.5 Å². The highest BCUT2D eigenvalue weighted by Gasteiger charge is 2.40. The summed E-state index contributed by atoms with van der Waals surface area (Å²) in [5.41, 5.74) is 9.75. The monoisotopic (exact) mass is 397 g/mol. The van der Waals surface area contributed by atoms with Crippen LogP contribution in [0.2, 0.25) is 0 Å². The summed E-state index contributed by atoms with van der Waals surface area (Å²) in [7, 11) is 1.67. The fourth-order valence-corrected chi connectivity index (χ4v) is 5.24. The standard InChI is InChI=1S/C23H31N3O3/c1-29-18-10-8-16(9-11-18)15-21-19-6-3-2-5-17(19)12-14-25(21)22(27)20-7-4-13-26(20)23(24)28/h8-11,20-21H,2-7,12-15H2,1H3,(H2,24,28)/t20-,21+/m0/s1. The number of benzene rings is 1. The first-order chi connectivity index (χ1) is 14.1. The van der Waals surface area contributed by atoms with Gasteiger partial charge in [-0.15, -0.1) is 0 Å². The maximum absolute atomic E-state index is 13.5. The van der Waals surface area contributed by atoms with Gasteiger partial charge in [0.2, 0.25) is 5.91 Å². The summed E-state index contributed by atoms with van der Waals surface area (Å²) in [6, 6.07) is 7.32. The number of primary amides is 1. The summed E-state index contributed by atoms with van der Waals surface area (Å²) in [6.07, 6.45) is 7.99. The van der Waals surface area contributed by atoms with E-state index in [0.717, 1.165) is 44.4 Å². The molecule has 0 saturated carbocycles. The van der Waals surface area contributed by atoms with Gasteiger partial charge in [-0.2, -0.15) is 0 Å².